The summed E-state index contributed by atoms with van der Waals surface area (Å²) in [4.78, 5) is 14.5. The number of halogens is 2. The van der Waals surface area contributed by atoms with E-state index in [0.717, 1.165) is 24.5 Å². The third-order valence-electron chi connectivity index (χ3n) is 4.06. The van der Waals surface area contributed by atoms with Gasteiger partial charge in [0.15, 0.2) is 11.2 Å². The number of carbonyl (C=O) groups is 1. The Labute approximate surface area is 181 Å². The number of carbonyl (C=O) groups excluding carboxylic acids is 1. The molecule has 0 bridgehead atoms. The molecule has 0 radical (unpaired) electrons. The number of ether oxygens (including phenoxy) is 1. The van der Waals surface area contributed by atoms with E-state index in [0.29, 0.717) is 15.8 Å². The fraction of sp³-hybridized carbons (Fsp3) is 0.300. The maximum Gasteiger partial charge on any atom is 0.266 e. The minimum atomic E-state index is -0.788. The zero-order valence-corrected chi connectivity index (χ0v) is 18.3. The van der Waals surface area contributed by atoms with Crippen LogP contribution in [0.2, 0.25) is 10.0 Å². The predicted molar refractivity (Wildman–Crippen MR) is 121 cm³/mol. The van der Waals surface area contributed by atoms with Crippen LogP contribution in [0.1, 0.15) is 20.8 Å². The highest BCUT2D eigenvalue weighted by Gasteiger charge is 2.17. The normalized spacial score (nSPS) is 11.5. The Bertz CT molecular complexity index is 827. The second kappa shape index (κ2) is 10.5. The van der Waals surface area contributed by atoms with Gasteiger partial charge in [-0.25, -0.2) is 0 Å². The van der Waals surface area contributed by atoms with Gasteiger partial charge in [0.25, 0.3) is 5.91 Å². The molecule has 0 saturated carbocycles. The topological polar surface area (TPSA) is 53.6 Å². The van der Waals surface area contributed by atoms with Crippen LogP contribution in [0, 0.1) is 0 Å². The van der Waals surface area contributed by atoms with Gasteiger partial charge in [-0.15, -0.1) is 0 Å². The van der Waals surface area contributed by atoms with Crippen LogP contribution < -0.4 is 20.3 Å². The van der Waals surface area contributed by atoms with E-state index >= 15 is 0 Å². The van der Waals surface area contributed by atoms with E-state index in [9.17, 15) is 4.79 Å². The Morgan fingerprint density at radius 3 is 2.36 bits per heavy atom. The number of hydrogen-bond acceptors (Lipinski definition) is 4. The first-order chi connectivity index (χ1) is 13.3. The monoisotopic (exact) mass is 439 g/mol. The summed E-state index contributed by atoms with van der Waals surface area (Å²) in [7, 11) is 0. The second-order valence-corrected chi connectivity index (χ2v) is 7.25. The van der Waals surface area contributed by atoms with E-state index in [1.165, 1.54) is 0 Å². The number of rotatable bonds is 7. The minimum Gasteiger partial charge on any atom is -0.479 e. The number of nitrogens with zero attached hydrogens (tertiary/aromatic N) is 1. The Kier molecular flexibility index (Phi) is 8.35. The summed E-state index contributed by atoms with van der Waals surface area (Å²) in [6, 6.07) is 12.7. The number of anilines is 2. The Balaban J connectivity index is 1.90. The lowest BCUT2D eigenvalue weighted by molar-refractivity contribution is -0.125. The molecule has 0 aromatic heterocycles. The van der Waals surface area contributed by atoms with Crippen molar-refractivity contribution in [2.45, 2.75) is 26.9 Å². The van der Waals surface area contributed by atoms with E-state index in [4.69, 9.17) is 40.2 Å². The summed E-state index contributed by atoms with van der Waals surface area (Å²) in [5, 5.41) is 6.63. The average Bonchev–Trinajstić information content (AvgIpc) is 2.66. The summed E-state index contributed by atoms with van der Waals surface area (Å²) >= 11 is 17.1. The molecule has 0 fully saturated rings. The van der Waals surface area contributed by atoms with E-state index in [1.54, 1.807) is 25.1 Å². The molecule has 8 heteroatoms. The zero-order chi connectivity index (χ0) is 20.7. The molecule has 150 valence electrons. The number of amides is 1. The van der Waals surface area contributed by atoms with Gasteiger partial charge >= 0.3 is 0 Å². The standard InChI is InChI=1S/C20H23Cl2N3O2S/c1-4-25(5-2)16-9-7-15(8-10-16)23-20(28)24-19(26)13(3)27-18-11-6-14(21)12-17(18)22/h6-13H,4-5H2,1-3H3,(H2,23,24,26,28). The van der Waals surface area contributed by atoms with Crippen molar-refractivity contribution in [1.82, 2.24) is 5.32 Å². The van der Waals surface area contributed by atoms with Crippen molar-refractivity contribution in [3.8, 4) is 5.75 Å². The van der Waals surface area contributed by atoms with E-state index in [2.05, 4.69) is 29.4 Å². The fourth-order valence-electron chi connectivity index (χ4n) is 2.53. The Morgan fingerprint density at radius 2 is 1.79 bits per heavy atom. The van der Waals surface area contributed by atoms with Gasteiger partial charge < -0.3 is 15.0 Å². The molecule has 1 atom stereocenters. The maximum absolute atomic E-state index is 12.3. The maximum atomic E-state index is 12.3. The highest BCUT2D eigenvalue weighted by molar-refractivity contribution is 7.80. The molecule has 0 aliphatic rings. The van der Waals surface area contributed by atoms with Crippen molar-refractivity contribution in [3.63, 3.8) is 0 Å². The molecular formula is C20H23Cl2N3O2S. The van der Waals surface area contributed by atoms with E-state index < -0.39 is 6.10 Å². The molecule has 2 N–H and O–H groups in total. The minimum absolute atomic E-state index is 0.193. The molecule has 1 unspecified atom stereocenters. The van der Waals surface area contributed by atoms with Gasteiger partial charge in [0.2, 0.25) is 0 Å². The number of benzene rings is 2. The molecule has 0 aliphatic heterocycles. The lowest BCUT2D eigenvalue weighted by atomic mass is 10.2. The molecule has 0 spiro atoms. The first-order valence-electron chi connectivity index (χ1n) is 8.92. The molecule has 0 saturated heterocycles. The first kappa shape index (κ1) is 22.3. The number of hydrogen-bond donors (Lipinski definition) is 2. The summed E-state index contributed by atoms with van der Waals surface area (Å²) < 4.78 is 5.58. The van der Waals surface area contributed by atoms with E-state index in [1.807, 2.05) is 24.3 Å². The molecule has 2 aromatic rings. The lowest BCUT2D eigenvalue weighted by Gasteiger charge is -2.21. The zero-order valence-electron chi connectivity index (χ0n) is 16.0. The van der Waals surface area contributed by atoms with Gasteiger partial charge in [0, 0.05) is 29.5 Å². The van der Waals surface area contributed by atoms with Crippen molar-refractivity contribution in [2.75, 3.05) is 23.3 Å². The van der Waals surface area contributed by atoms with Gasteiger partial charge in [0.1, 0.15) is 5.75 Å². The second-order valence-electron chi connectivity index (χ2n) is 6.00. The van der Waals surface area contributed by atoms with Gasteiger partial charge in [0.05, 0.1) is 5.02 Å². The molecule has 2 rings (SSSR count). The fourth-order valence-corrected chi connectivity index (χ4v) is 3.21. The summed E-state index contributed by atoms with van der Waals surface area (Å²) in [5.41, 5.74) is 1.92. The first-order valence-corrected chi connectivity index (χ1v) is 10.1. The molecule has 28 heavy (non-hydrogen) atoms. The molecule has 1 amide bonds. The number of nitrogens with one attached hydrogen (secondary N) is 2. The number of thiocarbonyl (C=S) groups is 1. The largest absolute Gasteiger partial charge is 0.479 e. The quantitative estimate of drug-likeness (QED) is 0.586. The van der Waals surface area contributed by atoms with Gasteiger partial charge in [-0.05, 0) is 75.5 Å². The Hall–Kier alpha value is -2.02. The van der Waals surface area contributed by atoms with Crippen LogP contribution in [0.15, 0.2) is 42.5 Å². The van der Waals surface area contributed by atoms with Crippen LogP contribution in [-0.4, -0.2) is 30.2 Å². The highest BCUT2D eigenvalue weighted by atomic mass is 35.5. The van der Waals surface area contributed by atoms with Crippen LogP contribution in [0.5, 0.6) is 5.75 Å². The van der Waals surface area contributed by atoms with Crippen molar-refractivity contribution in [1.29, 1.82) is 0 Å². The molecule has 2 aromatic carbocycles. The molecule has 5 nitrogen and oxygen atoms in total. The van der Waals surface area contributed by atoms with Gasteiger partial charge in [-0.3, -0.25) is 10.1 Å². The third-order valence-corrected chi connectivity index (χ3v) is 4.79. The third kappa shape index (κ3) is 6.26. The van der Waals surface area contributed by atoms with Crippen molar-refractivity contribution < 1.29 is 9.53 Å². The van der Waals surface area contributed by atoms with Crippen LogP contribution in [0.25, 0.3) is 0 Å². The SMILES string of the molecule is CCN(CC)c1ccc(NC(=S)NC(=O)C(C)Oc2ccc(Cl)cc2Cl)cc1. The van der Waals surface area contributed by atoms with Crippen molar-refractivity contribution in [3.05, 3.63) is 52.5 Å². The smallest absolute Gasteiger partial charge is 0.266 e. The van der Waals surface area contributed by atoms with E-state index in [-0.39, 0.29) is 11.0 Å². The predicted octanol–water partition coefficient (Wildman–Crippen LogP) is 5.12. The van der Waals surface area contributed by atoms with Crippen molar-refractivity contribution in [2.24, 2.45) is 0 Å². The molecule has 0 aliphatic carbocycles. The summed E-state index contributed by atoms with van der Waals surface area (Å²) in [6.07, 6.45) is -0.788. The summed E-state index contributed by atoms with van der Waals surface area (Å²) in [6.45, 7) is 7.71. The summed E-state index contributed by atoms with van der Waals surface area (Å²) in [5.74, 6) is -0.0112. The Morgan fingerprint density at radius 1 is 1.14 bits per heavy atom. The van der Waals surface area contributed by atoms with Crippen LogP contribution in [0.4, 0.5) is 11.4 Å². The average molecular weight is 440 g/mol. The molecule has 0 heterocycles. The van der Waals surface area contributed by atoms with Crippen molar-refractivity contribution >= 4 is 57.8 Å². The van der Waals surface area contributed by atoms with Crippen LogP contribution in [0.3, 0.4) is 0 Å². The lowest BCUT2D eigenvalue weighted by Crippen LogP contribution is -2.42. The molecular weight excluding hydrogens is 417 g/mol. The van der Waals surface area contributed by atoms with Gasteiger partial charge in [-0.1, -0.05) is 23.2 Å². The van der Waals surface area contributed by atoms with Crippen LogP contribution >= 0.6 is 35.4 Å². The van der Waals surface area contributed by atoms with Crippen LogP contribution in [-0.2, 0) is 4.79 Å². The van der Waals surface area contributed by atoms with Gasteiger partial charge in [-0.2, -0.15) is 0 Å². The highest BCUT2D eigenvalue weighted by Crippen LogP contribution is 2.28.